The fourth-order valence-electron chi connectivity index (χ4n) is 2.97. The third-order valence-electron chi connectivity index (χ3n) is 4.19. The molecule has 6 heteroatoms. The normalized spacial score (nSPS) is 16.4. The van der Waals surface area contributed by atoms with Crippen LogP contribution in [-0.4, -0.2) is 20.9 Å². The number of thiophene rings is 1. The van der Waals surface area contributed by atoms with Crippen molar-refractivity contribution in [2.45, 2.75) is 25.3 Å². The van der Waals surface area contributed by atoms with Gasteiger partial charge in [-0.3, -0.25) is 9.78 Å². The first-order chi connectivity index (χ1) is 11.8. The number of hydrogen-bond acceptors (Lipinski definition) is 5. The average Bonchev–Trinajstić information content (AvgIpc) is 3.17. The number of carbonyl (C=O) groups excluding carboxylic acids is 1. The van der Waals surface area contributed by atoms with Gasteiger partial charge in [-0.05, 0) is 42.8 Å². The van der Waals surface area contributed by atoms with Crippen molar-refractivity contribution >= 4 is 17.2 Å². The van der Waals surface area contributed by atoms with E-state index < -0.39 is 0 Å². The van der Waals surface area contributed by atoms with Gasteiger partial charge in [0.1, 0.15) is 0 Å². The van der Waals surface area contributed by atoms with Crippen LogP contribution in [-0.2, 0) is 6.42 Å². The third kappa shape index (κ3) is 2.92. The maximum absolute atomic E-state index is 12.3. The lowest BCUT2D eigenvalue weighted by molar-refractivity contribution is 0.0933. The van der Waals surface area contributed by atoms with E-state index >= 15 is 0 Å². The predicted molar refractivity (Wildman–Crippen MR) is 92.7 cm³/mol. The first kappa shape index (κ1) is 15.0. The van der Waals surface area contributed by atoms with Crippen molar-refractivity contribution in [2.75, 3.05) is 0 Å². The second kappa shape index (κ2) is 6.49. The molecule has 0 saturated carbocycles. The van der Waals surface area contributed by atoms with E-state index in [9.17, 15) is 4.79 Å². The van der Waals surface area contributed by atoms with Crippen LogP contribution in [0.1, 0.15) is 40.5 Å². The van der Waals surface area contributed by atoms with Crippen molar-refractivity contribution in [3.05, 3.63) is 64.4 Å². The number of fused-ring (bicyclic) bond motifs is 1. The molecule has 0 aliphatic heterocycles. The Kier molecular flexibility index (Phi) is 4.04. The Balaban J connectivity index is 1.60. The lowest BCUT2D eigenvalue weighted by Gasteiger charge is -2.25. The number of aryl methyl sites for hydroxylation is 1. The van der Waals surface area contributed by atoms with E-state index in [-0.39, 0.29) is 11.9 Å². The van der Waals surface area contributed by atoms with Gasteiger partial charge in [0.2, 0.25) is 0 Å². The van der Waals surface area contributed by atoms with E-state index in [0.29, 0.717) is 11.4 Å². The zero-order valence-electron chi connectivity index (χ0n) is 13.0. The van der Waals surface area contributed by atoms with Crippen LogP contribution in [0, 0.1) is 0 Å². The molecule has 4 rings (SSSR count). The van der Waals surface area contributed by atoms with Gasteiger partial charge in [-0.1, -0.05) is 0 Å². The fourth-order valence-corrected chi connectivity index (χ4v) is 3.60. The number of hydrogen-bond donors (Lipinski definition) is 1. The van der Waals surface area contributed by atoms with Crippen LogP contribution in [0.15, 0.2) is 47.5 Å². The molecular formula is C18H16N4OS. The Morgan fingerprint density at radius 2 is 2.25 bits per heavy atom. The van der Waals surface area contributed by atoms with E-state index in [4.69, 9.17) is 4.98 Å². The molecule has 0 spiro atoms. The van der Waals surface area contributed by atoms with Gasteiger partial charge in [0, 0.05) is 40.8 Å². The SMILES string of the molecule is O=C(N[C@@H]1CCCc2nc(-c3cccnc3)ncc21)c1ccsc1. The summed E-state index contributed by atoms with van der Waals surface area (Å²) in [6, 6.07) is 5.64. The van der Waals surface area contributed by atoms with Crippen LogP contribution in [0.4, 0.5) is 0 Å². The fraction of sp³-hybridized carbons (Fsp3) is 0.222. The van der Waals surface area contributed by atoms with Gasteiger partial charge in [0.05, 0.1) is 11.6 Å². The van der Waals surface area contributed by atoms with Gasteiger partial charge < -0.3 is 5.32 Å². The summed E-state index contributed by atoms with van der Waals surface area (Å²) in [6.07, 6.45) is 8.18. The lowest BCUT2D eigenvalue weighted by atomic mass is 9.92. The standard InChI is InChI=1S/C18H16N4OS/c23-18(13-6-8-24-11-13)22-16-5-1-4-15-14(16)10-20-17(21-15)12-3-2-7-19-9-12/h2-3,6-11,16H,1,4-5H2,(H,22,23)/t16-/m1/s1. The quantitative estimate of drug-likeness (QED) is 0.796. The molecule has 120 valence electrons. The second-order valence-electron chi connectivity index (χ2n) is 5.77. The number of carbonyl (C=O) groups is 1. The maximum atomic E-state index is 12.3. The Labute approximate surface area is 143 Å². The molecular weight excluding hydrogens is 320 g/mol. The van der Waals surface area contributed by atoms with Gasteiger partial charge in [-0.2, -0.15) is 11.3 Å². The average molecular weight is 336 g/mol. The molecule has 24 heavy (non-hydrogen) atoms. The number of rotatable bonds is 3. The first-order valence-corrected chi connectivity index (χ1v) is 8.85. The van der Waals surface area contributed by atoms with Crippen molar-refractivity contribution in [1.29, 1.82) is 0 Å². The Bertz CT molecular complexity index is 849. The van der Waals surface area contributed by atoms with Crippen molar-refractivity contribution in [2.24, 2.45) is 0 Å². The zero-order valence-corrected chi connectivity index (χ0v) is 13.8. The molecule has 3 aromatic rings. The van der Waals surface area contributed by atoms with E-state index in [0.717, 1.165) is 36.1 Å². The summed E-state index contributed by atoms with van der Waals surface area (Å²) in [4.78, 5) is 25.6. The van der Waals surface area contributed by atoms with Crippen LogP contribution in [0.5, 0.6) is 0 Å². The Hall–Kier alpha value is -2.60. The highest BCUT2D eigenvalue weighted by Gasteiger charge is 2.24. The molecule has 1 aliphatic rings. The van der Waals surface area contributed by atoms with Gasteiger partial charge in [0.25, 0.3) is 5.91 Å². The summed E-state index contributed by atoms with van der Waals surface area (Å²) >= 11 is 1.52. The molecule has 0 aromatic carbocycles. The smallest absolute Gasteiger partial charge is 0.252 e. The molecule has 1 aliphatic carbocycles. The highest BCUT2D eigenvalue weighted by Crippen LogP contribution is 2.29. The van der Waals surface area contributed by atoms with E-state index in [1.54, 1.807) is 12.4 Å². The molecule has 5 nitrogen and oxygen atoms in total. The molecule has 0 fully saturated rings. The highest BCUT2D eigenvalue weighted by atomic mass is 32.1. The van der Waals surface area contributed by atoms with Crippen molar-refractivity contribution in [3.8, 4) is 11.4 Å². The largest absolute Gasteiger partial charge is 0.345 e. The maximum Gasteiger partial charge on any atom is 0.252 e. The summed E-state index contributed by atoms with van der Waals surface area (Å²) in [5, 5.41) is 6.88. The van der Waals surface area contributed by atoms with E-state index in [2.05, 4.69) is 15.3 Å². The zero-order chi connectivity index (χ0) is 16.4. The van der Waals surface area contributed by atoms with Crippen molar-refractivity contribution in [3.63, 3.8) is 0 Å². The van der Waals surface area contributed by atoms with Gasteiger partial charge >= 0.3 is 0 Å². The van der Waals surface area contributed by atoms with Crippen LogP contribution < -0.4 is 5.32 Å². The number of pyridine rings is 1. The van der Waals surface area contributed by atoms with Crippen molar-refractivity contribution < 1.29 is 4.79 Å². The van der Waals surface area contributed by atoms with Gasteiger partial charge in [-0.25, -0.2) is 9.97 Å². The second-order valence-corrected chi connectivity index (χ2v) is 6.55. The molecule has 3 aromatic heterocycles. The molecule has 1 amide bonds. The summed E-state index contributed by atoms with van der Waals surface area (Å²) < 4.78 is 0. The van der Waals surface area contributed by atoms with Crippen LogP contribution >= 0.6 is 11.3 Å². The van der Waals surface area contributed by atoms with E-state index in [1.807, 2.05) is 35.2 Å². The molecule has 1 N–H and O–H groups in total. The van der Waals surface area contributed by atoms with Gasteiger partial charge in [0.15, 0.2) is 5.82 Å². The Morgan fingerprint density at radius 1 is 1.29 bits per heavy atom. The molecule has 0 radical (unpaired) electrons. The van der Waals surface area contributed by atoms with E-state index in [1.165, 1.54) is 11.3 Å². The molecule has 0 saturated heterocycles. The number of aromatic nitrogens is 3. The highest BCUT2D eigenvalue weighted by molar-refractivity contribution is 7.08. The minimum absolute atomic E-state index is 0.0240. The minimum atomic E-state index is -0.0366. The number of amides is 1. The van der Waals surface area contributed by atoms with Gasteiger partial charge in [-0.15, -0.1) is 0 Å². The minimum Gasteiger partial charge on any atom is -0.345 e. The summed E-state index contributed by atoms with van der Waals surface area (Å²) in [6.45, 7) is 0. The molecule has 3 heterocycles. The molecule has 0 unspecified atom stereocenters. The van der Waals surface area contributed by atoms with Crippen LogP contribution in [0.25, 0.3) is 11.4 Å². The first-order valence-electron chi connectivity index (χ1n) is 7.90. The van der Waals surface area contributed by atoms with Crippen LogP contribution in [0.3, 0.4) is 0 Å². The third-order valence-corrected chi connectivity index (χ3v) is 4.87. The summed E-state index contributed by atoms with van der Waals surface area (Å²) in [5.74, 6) is 0.650. The predicted octanol–water partition coefficient (Wildman–Crippen LogP) is 3.41. The number of nitrogens with zero attached hydrogens (tertiary/aromatic N) is 3. The van der Waals surface area contributed by atoms with Crippen LogP contribution in [0.2, 0.25) is 0 Å². The lowest BCUT2D eigenvalue weighted by Crippen LogP contribution is -2.31. The molecule has 1 atom stereocenters. The topological polar surface area (TPSA) is 67.8 Å². The Morgan fingerprint density at radius 3 is 3.04 bits per heavy atom. The summed E-state index contributed by atoms with van der Waals surface area (Å²) in [5.41, 5.74) is 3.66. The monoisotopic (exact) mass is 336 g/mol. The number of nitrogens with one attached hydrogen (secondary N) is 1. The summed E-state index contributed by atoms with van der Waals surface area (Å²) in [7, 11) is 0. The molecule has 0 bridgehead atoms. The van der Waals surface area contributed by atoms with Crippen molar-refractivity contribution in [1.82, 2.24) is 20.3 Å².